The minimum atomic E-state index is 0.137. The third-order valence-electron chi connectivity index (χ3n) is 4.36. The highest BCUT2D eigenvalue weighted by atomic mass is 35.5. The van der Waals surface area contributed by atoms with E-state index in [4.69, 9.17) is 16.3 Å². The Balaban J connectivity index is 1.74. The van der Waals surface area contributed by atoms with Crippen LogP contribution >= 0.6 is 11.6 Å². The molecule has 0 unspecified atom stereocenters. The van der Waals surface area contributed by atoms with Gasteiger partial charge in [0, 0.05) is 23.3 Å². The molecule has 4 rings (SSSR count). The van der Waals surface area contributed by atoms with E-state index < -0.39 is 0 Å². The van der Waals surface area contributed by atoms with Crippen molar-refractivity contribution in [1.82, 2.24) is 9.97 Å². The summed E-state index contributed by atoms with van der Waals surface area (Å²) >= 11 is 6.11. The van der Waals surface area contributed by atoms with E-state index in [9.17, 15) is 5.11 Å². The Hall–Kier alpha value is -2.79. The van der Waals surface area contributed by atoms with Crippen LogP contribution in [0.1, 0.15) is 11.4 Å². The number of benzene rings is 2. The van der Waals surface area contributed by atoms with Crippen LogP contribution in [0, 0.1) is 6.92 Å². The maximum atomic E-state index is 10.5. The Morgan fingerprint density at radius 2 is 2.04 bits per heavy atom. The van der Waals surface area contributed by atoms with Crippen LogP contribution in [0.4, 0.5) is 5.82 Å². The van der Waals surface area contributed by atoms with Gasteiger partial charge in [-0.2, -0.15) is 0 Å². The molecule has 1 N–H and O–H groups in total. The van der Waals surface area contributed by atoms with Gasteiger partial charge in [0.25, 0.3) is 0 Å². The number of halogens is 1. The van der Waals surface area contributed by atoms with Gasteiger partial charge in [0.1, 0.15) is 18.2 Å². The fourth-order valence-electron chi connectivity index (χ4n) is 3.15. The van der Waals surface area contributed by atoms with Crippen LogP contribution in [-0.2, 0) is 6.54 Å². The zero-order valence-electron chi connectivity index (χ0n) is 14.3. The van der Waals surface area contributed by atoms with Gasteiger partial charge < -0.3 is 14.7 Å². The van der Waals surface area contributed by atoms with Crippen LogP contribution in [0.25, 0.3) is 11.1 Å². The molecule has 2 heterocycles. The van der Waals surface area contributed by atoms with Gasteiger partial charge in [-0.05, 0) is 48.4 Å². The molecule has 5 nitrogen and oxygen atoms in total. The number of hydrogen-bond donors (Lipinski definition) is 1. The van der Waals surface area contributed by atoms with Gasteiger partial charge in [-0.1, -0.05) is 23.7 Å². The zero-order valence-corrected chi connectivity index (χ0v) is 15.1. The molecule has 0 aliphatic carbocycles. The first-order chi connectivity index (χ1) is 12.6. The molecule has 26 heavy (non-hydrogen) atoms. The molecule has 0 amide bonds. The second-order valence-electron chi connectivity index (χ2n) is 6.23. The lowest BCUT2D eigenvalue weighted by Crippen LogP contribution is -2.26. The number of fused-ring (bicyclic) bond motifs is 1. The predicted octanol–water partition coefficient (Wildman–Crippen LogP) is 4.21. The summed E-state index contributed by atoms with van der Waals surface area (Å²) in [5.74, 6) is 2.24. The molecule has 2 aromatic carbocycles. The Morgan fingerprint density at radius 3 is 2.85 bits per heavy atom. The van der Waals surface area contributed by atoms with Crippen LogP contribution < -0.4 is 9.64 Å². The van der Waals surface area contributed by atoms with Crippen LogP contribution in [0.5, 0.6) is 11.5 Å². The van der Waals surface area contributed by atoms with Crippen molar-refractivity contribution in [2.45, 2.75) is 13.5 Å². The normalized spacial score (nSPS) is 13.7. The number of phenolic OH excluding ortho intramolecular Hbond substituents is 1. The molecule has 3 aromatic rings. The Kier molecular flexibility index (Phi) is 4.39. The lowest BCUT2D eigenvalue weighted by atomic mass is 10.0. The molecule has 0 spiro atoms. The summed E-state index contributed by atoms with van der Waals surface area (Å²) in [6.07, 6.45) is 1.75. The van der Waals surface area contributed by atoms with Gasteiger partial charge in [-0.3, -0.25) is 0 Å². The Bertz CT molecular complexity index is 962. The van der Waals surface area contributed by atoms with Crippen molar-refractivity contribution in [3.8, 4) is 22.6 Å². The molecule has 0 saturated carbocycles. The lowest BCUT2D eigenvalue weighted by Gasteiger charge is -2.21. The number of anilines is 1. The van der Waals surface area contributed by atoms with Crippen LogP contribution in [0.2, 0.25) is 5.02 Å². The molecule has 6 heteroatoms. The Morgan fingerprint density at radius 1 is 1.15 bits per heavy atom. The molecule has 0 fully saturated rings. The number of aromatic hydroxyl groups is 1. The van der Waals surface area contributed by atoms with Crippen molar-refractivity contribution < 1.29 is 9.84 Å². The van der Waals surface area contributed by atoms with E-state index in [1.54, 1.807) is 12.3 Å². The average Bonchev–Trinajstić information content (AvgIpc) is 2.84. The number of aryl methyl sites for hydroxylation is 1. The summed E-state index contributed by atoms with van der Waals surface area (Å²) in [6, 6.07) is 13.2. The first-order valence-corrected chi connectivity index (χ1v) is 8.77. The standard InChI is InChI=1S/C20H18ClN3O2/c1-13-22-6-5-19(23-13)24-7-8-26-20-16(12-24)9-15(11-18(20)25)14-3-2-4-17(21)10-14/h2-6,9-11,25H,7-8,12H2,1H3. The third kappa shape index (κ3) is 3.30. The summed E-state index contributed by atoms with van der Waals surface area (Å²) in [4.78, 5) is 10.8. The third-order valence-corrected chi connectivity index (χ3v) is 4.59. The smallest absolute Gasteiger partial charge is 0.166 e. The first-order valence-electron chi connectivity index (χ1n) is 8.39. The van der Waals surface area contributed by atoms with E-state index >= 15 is 0 Å². The van der Waals surface area contributed by atoms with Gasteiger partial charge in [0.05, 0.1) is 6.54 Å². The summed E-state index contributed by atoms with van der Waals surface area (Å²) in [5.41, 5.74) is 2.76. The number of hydrogen-bond acceptors (Lipinski definition) is 5. The van der Waals surface area contributed by atoms with E-state index in [0.29, 0.717) is 30.5 Å². The predicted molar refractivity (Wildman–Crippen MR) is 102 cm³/mol. The number of ether oxygens (including phenoxy) is 1. The summed E-state index contributed by atoms with van der Waals surface area (Å²) < 4.78 is 5.81. The fraction of sp³-hybridized carbons (Fsp3) is 0.200. The number of nitrogens with zero attached hydrogens (tertiary/aromatic N) is 3. The van der Waals surface area contributed by atoms with E-state index in [2.05, 4.69) is 14.9 Å². The molecule has 0 bridgehead atoms. The van der Waals surface area contributed by atoms with Gasteiger partial charge in [-0.25, -0.2) is 9.97 Å². The maximum absolute atomic E-state index is 10.5. The quantitative estimate of drug-likeness (QED) is 0.735. The molecule has 132 valence electrons. The van der Waals surface area contributed by atoms with Gasteiger partial charge in [0.15, 0.2) is 11.5 Å². The second-order valence-corrected chi connectivity index (χ2v) is 6.66. The molecule has 1 aliphatic heterocycles. The largest absolute Gasteiger partial charge is 0.504 e. The van der Waals surface area contributed by atoms with Gasteiger partial charge in [0.2, 0.25) is 0 Å². The number of aromatic nitrogens is 2. The molecular formula is C20H18ClN3O2. The SMILES string of the molecule is Cc1nccc(N2CCOc3c(O)cc(-c4cccc(Cl)c4)cc3C2)n1. The molecule has 0 saturated heterocycles. The van der Waals surface area contributed by atoms with Crippen molar-refractivity contribution in [2.24, 2.45) is 0 Å². The van der Waals surface area contributed by atoms with Gasteiger partial charge in [-0.15, -0.1) is 0 Å². The van der Waals surface area contributed by atoms with Crippen molar-refractivity contribution in [3.05, 3.63) is 65.1 Å². The molecule has 0 atom stereocenters. The average molecular weight is 368 g/mol. The van der Waals surface area contributed by atoms with Crippen molar-refractivity contribution in [3.63, 3.8) is 0 Å². The van der Waals surface area contributed by atoms with Crippen molar-refractivity contribution in [2.75, 3.05) is 18.1 Å². The summed E-state index contributed by atoms with van der Waals surface area (Å²) in [7, 11) is 0. The number of phenols is 1. The van der Waals surface area contributed by atoms with Crippen LogP contribution in [-0.4, -0.2) is 28.2 Å². The first kappa shape index (κ1) is 16.7. The van der Waals surface area contributed by atoms with E-state index in [-0.39, 0.29) is 5.75 Å². The number of rotatable bonds is 2. The molecule has 1 aliphatic rings. The highest BCUT2D eigenvalue weighted by Gasteiger charge is 2.21. The minimum absolute atomic E-state index is 0.137. The van der Waals surface area contributed by atoms with E-state index in [1.165, 1.54) is 0 Å². The maximum Gasteiger partial charge on any atom is 0.166 e. The van der Waals surface area contributed by atoms with Crippen molar-refractivity contribution in [1.29, 1.82) is 0 Å². The minimum Gasteiger partial charge on any atom is -0.504 e. The zero-order chi connectivity index (χ0) is 18.1. The fourth-order valence-corrected chi connectivity index (χ4v) is 3.34. The van der Waals surface area contributed by atoms with E-state index in [0.717, 1.165) is 28.3 Å². The highest BCUT2D eigenvalue weighted by Crippen LogP contribution is 2.38. The van der Waals surface area contributed by atoms with E-state index in [1.807, 2.05) is 43.3 Å². The monoisotopic (exact) mass is 367 g/mol. The molecule has 1 aromatic heterocycles. The Labute approximate surface area is 156 Å². The van der Waals surface area contributed by atoms with Crippen LogP contribution in [0.3, 0.4) is 0 Å². The summed E-state index contributed by atoms with van der Waals surface area (Å²) in [5, 5.41) is 11.2. The van der Waals surface area contributed by atoms with Crippen molar-refractivity contribution >= 4 is 17.4 Å². The lowest BCUT2D eigenvalue weighted by molar-refractivity contribution is 0.311. The molecule has 0 radical (unpaired) electrons. The molecular weight excluding hydrogens is 350 g/mol. The van der Waals surface area contributed by atoms with Gasteiger partial charge >= 0.3 is 0 Å². The van der Waals surface area contributed by atoms with Crippen LogP contribution in [0.15, 0.2) is 48.7 Å². The topological polar surface area (TPSA) is 58.5 Å². The highest BCUT2D eigenvalue weighted by molar-refractivity contribution is 6.30. The second kappa shape index (κ2) is 6.84. The summed E-state index contributed by atoms with van der Waals surface area (Å²) in [6.45, 7) is 3.61.